The van der Waals surface area contributed by atoms with Crippen LogP contribution in [0.5, 0.6) is 6.01 Å². The summed E-state index contributed by atoms with van der Waals surface area (Å²) in [5.41, 5.74) is 1.23. The Morgan fingerprint density at radius 2 is 2.00 bits per heavy atom. The number of fused-ring (bicyclic) bond motifs is 1. The van der Waals surface area contributed by atoms with Crippen LogP contribution in [-0.4, -0.2) is 50.7 Å². The third-order valence-electron chi connectivity index (χ3n) is 4.56. The summed E-state index contributed by atoms with van der Waals surface area (Å²) in [6, 6.07) is 7.70. The van der Waals surface area contributed by atoms with Gasteiger partial charge in [0.15, 0.2) is 0 Å². The number of likely N-dealkylation sites (tertiary alicyclic amines) is 1. The number of ether oxygens (including phenoxy) is 1. The molecule has 4 rings (SSSR count). The van der Waals surface area contributed by atoms with Crippen molar-refractivity contribution in [2.75, 3.05) is 13.1 Å². The predicted molar refractivity (Wildman–Crippen MR) is 103 cm³/mol. The van der Waals surface area contributed by atoms with E-state index in [9.17, 15) is 9.59 Å². The summed E-state index contributed by atoms with van der Waals surface area (Å²) in [5.74, 6) is -1.02. The number of rotatable bonds is 4. The number of carbonyl (C=O) groups is 2. The van der Waals surface area contributed by atoms with E-state index in [4.69, 9.17) is 4.74 Å². The van der Waals surface area contributed by atoms with Crippen molar-refractivity contribution < 1.29 is 14.3 Å². The van der Waals surface area contributed by atoms with Crippen molar-refractivity contribution in [3.05, 3.63) is 52.9 Å². The Balaban J connectivity index is 1.46. The summed E-state index contributed by atoms with van der Waals surface area (Å²) in [7, 11) is 0. The average Bonchev–Trinajstić information content (AvgIpc) is 3.13. The van der Waals surface area contributed by atoms with Gasteiger partial charge in [0, 0.05) is 36.0 Å². The highest BCUT2D eigenvalue weighted by Crippen LogP contribution is 2.21. The molecule has 138 valence electrons. The molecule has 1 aliphatic heterocycles. The molecule has 1 fully saturated rings. The Kier molecular flexibility index (Phi) is 4.89. The number of nitrogens with zero attached hydrogens (tertiary/aromatic N) is 3. The van der Waals surface area contributed by atoms with Gasteiger partial charge >= 0.3 is 6.01 Å². The van der Waals surface area contributed by atoms with Gasteiger partial charge in [-0.3, -0.25) is 9.59 Å². The van der Waals surface area contributed by atoms with Gasteiger partial charge < -0.3 is 14.6 Å². The number of halogens is 1. The van der Waals surface area contributed by atoms with E-state index in [2.05, 4.69) is 30.9 Å². The molecule has 2 aromatic heterocycles. The smallest absolute Gasteiger partial charge is 0.316 e. The van der Waals surface area contributed by atoms with E-state index in [1.54, 1.807) is 23.5 Å². The lowest BCUT2D eigenvalue weighted by molar-refractivity contribution is -0.129. The second-order valence-electron chi connectivity index (χ2n) is 6.39. The van der Waals surface area contributed by atoms with Gasteiger partial charge in [-0.05, 0) is 34.8 Å². The van der Waals surface area contributed by atoms with Crippen molar-refractivity contribution in [3.8, 4) is 6.01 Å². The molecule has 3 aromatic rings. The fraction of sp³-hybridized carbons (Fsp3) is 0.263. The highest BCUT2D eigenvalue weighted by atomic mass is 79.9. The molecular weight excluding hydrogens is 412 g/mol. The van der Waals surface area contributed by atoms with Crippen LogP contribution in [0.2, 0.25) is 0 Å². The molecule has 1 N–H and O–H groups in total. The number of nitrogens with one attached hydrogen (secondary N) is 1. The lowest BCUT2D eigenvalue weighted by atomic mass is 10.0. The normalized spacial score (nSPS) is 17.1. The zero-order valence-electron chi connectivity index (χ0n) is 14.4. The molecule has 1 aliphatic rings. The summed E-state index contributed by atoms with van der Waals surface area (Å²) < 4.78 is 6.54. The SMILES string of the molecule is O=C(C(=O)N1CCCC(Oc2ncc(Br)cn2)C1)c1c[nH]c2ccccc12. The van der Waals surface area contributed by atoms with E-state index >= 15 is 0 Å². The molecule has 0 bridgehead atoms. The number of H-pyrrole nitrogens is 1. The summed E-state index contributed by atoms with van der Waals surface area (Å²) in [6.45, 7) is 0.875. The molecule has 1 aromatic carbocycles. The molecule has 8 heteroatoms. The molecule has 7 nitrogen and oxygen atoms in total. The summed E-state index contributed by atoms with van der Waals surface area (Å²) in [4.78, 5) is 38.3. The first-order chi connectivity index (χ1) is 13.1. The van der Waals surface area contributed by atoms with Crippen molar-refractivity contribution in [2.45, 2.75) is 18.9 Å². The van der Waals surface area contributed by atoms with Crippen LogP contribution in [-0.2, 0) is 4.79 Å². The maximum absolute atomic E-state index is 12.8. The Bertz CT molecular complexity index is 986. The van der Waals surface area contributed by atoms with E-state index in [1.165, 1.54) is 0 Å². The summed E-state index contributed by atoms with van der Waals surface area (Å²) in [5, 5.41) is 0.754. The van der Waals surface area contributed by atoms with E-state index in [0.717, 1.165) is 28.2 Å². The highest BCUT2D eigenvalue weighted by Gasteiger charge is 2.30. The topological polar surface area (TPSA) is 88.2 Å². The molecule has 3 heterocycles. The van der Waals surface area contributed by atoms with Crippen LogP contribution in [0.25, 0.3) is 10.9 Å². The van der Waals surface area contributed by atoms with Gasteiger partial charge in [0.05, 0.1) is 16.6 Å². The van der Waals surface area contributed by atoms with Crippen LogP contribution in [0.4, 0.5) is 0 Å². The van der Waals surface area contributed by atoms with Gasteiger partial charge in [-0.2, -0.15) is 0 Å². The van der Waals surface area contributed by atoms with E-state index in [-0.39, 0.29) is 12.1 Å². The van der Waals surface area contributed by atoms with Crippen LogP contribution in [0.3, 0.4) is 0 Å². The lowest BCUT2D eigenvalue weighted by Crippen LogP contribution is -2.47. The lowest BCUT2D eigenvalue weighted by Gasteiger charge is -2.31. The first-order valence-corrected chi connectivity index (χ1v) is 9.45. The maximum Gasteiger partial charge on any atom is 0.316 e. The number of hydrogen-bond donors (Lipinski definition) is 1. The Morgan fingerprint density at radius 1 is 1.22 bits per heavy atom. The van der Waals surface area contributed by atoms with Crippen LogP contribution >= 0.6 is 15.9 Å². The molecule has 0 spiro atoms. The second kappa shape index (κ2) is 7.48. The van der Waals surface area contributed by atoms with Crippen LogP contribution in [0, 0.1) is 0 Å². The highest BCUT2D eigenvalue weighted by molar-refractivity contribution is 9.10. The number of ketones is 1. The number of para-hydroxylation sites is 1. The van der Waals surface area contributed by atoms with Gasteiger partial charge in [0.25, 0.3) is 11.7 Å². The Labute approximate surface area is 163 Å². The molecule has 1 atom stereocenters. The largest absolute Gasteiger partial charge is 0.458 e. The fourth-order valence-corrected chi connectivity index (χ4v) is 3.45. The van der Waals surface area contributed by atoms with Crippen molar-refractivity contribution >= 4 is 38.5 Å². The molecule has 0 saturated carbocycles. The molecule has 1 unspecified atom stereocenters. The van der Waals surface area contributed by atoms with Gasteiger partial charge in [0.2, 0.25) is 0 Å². The number of hydrogen-bond acceptors (Lipinski definition) is 5. The van der Waals surface area contributed by atoms with E-state index in [1.807, 2.05) is 24.3 Å². The summed E-state index contributed by atoms with van der Waals surface area (Å²) in [6.07, 6.45) is 6.11. The first-order valence-electron chi connectivity index (χ1n) is 8.66. The van der Waals surface area contributed by atoms with E-state index in [0.29, 0.717) is 18.7 Å². The van der Waals surface area contributed by atoms with Gasteiger partial charge in [0.1, 0.15) is 6.10 Å². The standard InChI is InChI=1S/C19H17BrN4O3/c20-12-8-22-19(23-9-12)27-13-4-3-7-24(11-13)18(26)17(25)15-10-21-16-6-2-1-5-14(15)16/h1-2,5-6,8-10,13,21H,3-4,7,11H2. The minimum atomic E-state index is -0.509. The molecule has 0 radical (unpaired) electrons. The number of benzene rings is 1. The number of aromatic nitrogens is 3. The minimum absolute atomic E-state index is 0.236. The zero-order valence-corrected chi connectivity index (χ0v) is 16.0. The molecule has 0 aliphatic carbocycles. The van der Waals surface area contributed by atoms with Gasteiger partial charge in [-0.15, -0.1) is 0 Å². The predicted octanol–water partition coefficient (Wildman–Crippen LogP) is 2.97. The number of carbonyl (C=O) groups excluding carboxylic acids is 2. The van der Waals surface area contributed by atoms with Gasteiger partial charge in [-0.1, -0.05) is 18.2 Å². The molecule has 1 amide bonds. The average molecular weight is 429 g/mol. The maximum atomic E-state index is 12.8. The number of Topliss-reactive ketones (excluding diaryl/α,β-unsaturated/α-hetero) is 1. The Hall–Kier alpha value is -2.74. The van der Waals surface area contributed by atoms with Crippen LogP contribution in [0.1, 0.15) is 23.2 Å². The van der Waals surface area contributed by atoms with Gasteiger partial charge in [-0.25, -0.2) is 9.97 Å². The molecular formula is C19H17BrN4O3. The van der Waals surface area contributed by atoms with E-state index < -0.39 is 11.7 Å². The zero-order chi connectivity index (χ0) is 18.8. The monoisotopic (exact) mass is 428 g/mol. The second-order valence-corrected chi connectivity index (χ2v) is 7.31. The van der Waals surface area contributed by atoms with Crippen molar-refractivity contribution in [1.82, 2.24) is 19.9 Å². The quantitative estimate of drug-likeness (QED) is 0.509. The third kappa shape index (κ3) is 3.71. The van der Waals surface area contributed by atoms with Crippen LogP contribution in [0.15, 0.2) is 47.3 Å². The number of piperidine rings is 1. The third-order valence-corrected chi connectivity index (χ3v) is 4.97. The molecule has 27 heavy (non-hydrogen) atoms. The van der Waals surface area contributed by atoms with Crippen LogP contribution < -0.4 is 4.74 Å². The first kappa shape index (κ1) is 17.7. The minimum Gasteiger partial charge on any atom is -0.458 e. The van der Waals surface area contributed by atoms with Crippen molar-refractivity contribution in [2.24, 2.45) is 0 Å². The molecule has 1 saturated heterocycles. The van der Waals surface area contributed by atoms with Crippen molar-refractivity contribution in [3.63, 3.8) is 0 Å². The number of aromatic amines is 1. The Morgan fingerprint density at radius 3 is 2.81 bits per heavy atom. The number of amides is 1. The fourth-order valence-electron chi connectivity index (χ4n) is 3.25. The summed E-state index contributed by atoms with van der Waals surface area (Å²) >= 11 is 3.28. The van der Waals surface area contributed by atoms with Crippen molar-refractivity contribution in [1.29, 1.82) is 0 Å².